The van der Waals surface area contributed by atoms with E-state index in [1.165, 1.54) is 10.5 Å². The molecular formula is C9H13N3O3S2. The highest BCUT2D eigenvalue weighted by molar-refractivity contribution is 7.91. The van der Waals surface area contributed by atoms with E-state index in [0.717, 1.165) is 11.3 Å². The van der Waals surface area contributed by atoms with Crippen LogP contribution in [0.25, 0.3) is 0 Å². The Bertz CT molecular complexity index is 498. The number of ketones is 1. The highest BCUT2D eigenvalue weighted by Crippen LogP contribution is 2.20. The maximum Gasteiger partial charge on any atom is 0.270 e. The van der Waals surface area contributed by atoms with Gasteiger partial charge in [-0.3, -0.25) is 4.79 Å². The molecule has 8 heteroatoms. The number of aromatic nitrogens is 1. The monoisotopic (exact) mass is 275 g/mol. The Balaban J connectivity index is 2.25. The Morgan fingerprint density at radius 1 is 1.53 bits per heavy atom. The van der Waals surface area contributed by atoms with Crippen LogP contribution in [-0.2, 0) is 14.8 Å². The van der Waals surface area contributed by atoms with Crippen molar-refractivity contribution in [2.24, 2.45) is 5.73 Å². The maximum atomic E-state index is 12.1. The minimum absolute atomic E-state index is 0.0285. The summed E-state index contributed by atoms with van der Waals surface area (Å²) in [5.41, 5.74) is 5.62. The van der Waals surface area contributed by atoms with Crippen LogP contribution in [0.2, 0.25) is 0 Å². The van der Waals surface area contributed by atoms with E-state index in [1.807, 2.05) is 0 Å². The summed E-state index contributed by atoms with van der Waals surface area (Å²) in [6.45, 7) is 0.171. The molecule has 1 unspecified atom stereocenters. The molecule has 0 bridgehead atoms. The summed E-state index contributed by atoms with van der Waals surface area (Å²) < 4.78 is 25.5. The summed E-state index contributed by atoms with van der Waals surface area (Å²) in [6.07, 6.45) is 2.56. The molecule has 0 aromatic carbocycles. The van der Waals surface area contributed by atoms with Crippen molar-refractivity contribution in [2.45, 2.75) is 23.2 Å². The van der Waals surface area contributed by atoms with Gasteiger partial charge in [-0.25, -0.2) is 13.4 Å². The maximum absolute atomic E-state index is 12.1. The standard InChI is InChI=1S/C9H13N3O3S2/c10-7-2-1-4-12(6-8(7)13)17(14,15)9-11-3-5-16-9/h3,5,7H,1-2,4,6,10H2. The SMILES string of the molecule is NC1CCCN(S(=O)(=O)c2nccs2)CC1=O. The van der Waals surface area contributed by atoms with Gasteiger partial charge in [0.25, 0.3) is 10.0 Å². The fraction of sp³-hybridized carbons (Fsp3) is 0.556. The van der Waals surface area contributed by atoms with Gasteiger partial charge < -0.3 is 5.73 Å². The summed E-state index contributed by atoms with van der Waals surface area (Å²) in [5, 5.41) is 1.60. The number of carbonyl (C=O) groups excluding carboxylic acids is 1. The molecular weight excluding hydrogens is 262 g/mol. The molecule has 0 spiro atoms. The topological polar surface area (TPSA) is 93.4 Å². The lowest BCUT2D eigenvalue weighted by atomic mass is 10.1. The molecule has 1 aromatic rings. The van der Waals surface area contributed by atoms with Crippen LogP contribution in [0.1, 0.15) is 12.8 Å². The molecule has 1 fully saturated rings. The van der Waals surface area contributed by atoms with E-state index in [9.17, 15) is 13.2 Å². The molecule has 2 rings (SSSR count). The van der Waals surface area contributed by atoms with Crippen LogP contribution in [0.5, 0.6) is 0 Å². The Labute approximate surface area is 103 Å². The first-order valence-corrected chi connectivity index (χ1v) is 7.52. The Kier molecular flexibility index (Phi) is 3.57. The van der Waals surface area contributed by atoms with Crippen LogP contribution in [0.4, 0.5) is 0 Å². The van der Waals surface area contributed by atoms with E-state index < -0.39 is 16.1 Å². The van der Waals surface area contributed by atoms with Gasteiger partial charge in [0.1, 0.15) is 0 Å². The number of sulfonamides is 1. The van der Waals surface area contributed by atoms with Crippen molar-refractivity contribution in [1.82, 2.24) is 9.29 Å². The molecule has 2 heterocycles. The van der Waals surface area contributed by atoms with E-state index in [4.69, 9.17) is 5.73 Å². The number of thiazole rings is 1. The van der Waals surface area contributed by atoms with Crippen LogP contribution >= 0.6 is 11.3 Å². The van der Waals surface area contributed by atoms with Gasteiger partial charge in [0.15, 0.2) is 5.78 Å². The number of rotatable bonds is 2. The van der Waals surface area contributed by atoms with Crippen molar-refractivity contribution in [2.75, 3.05) is 13.1 Å². The van der Waals surface area contributed by atoms with Gasteiger partial charge in [-0.05, 0) is 12.8 Å². The zero-order valence-corrected chi connectivity index (χ0v) is 10.7. The smallest absolute Gasteiger partial charge is 0.270 e. The molecule has 2 N–H and O–H groups in total. The lowest BCUT2D eigenvalue weighted by molar-refractivity contribution is -0.120. The van der Waals surface area contributed by atoms with Gasteiger partial charge in [0.2, 0.25) is 4.34 Å². The van der Waals surface area contributed by atoms with Gasteiger partial charge in [0, 0.05) is 18.1 Å². The minimum atomic E-state index is -3.63. The summed E-state index contributed by atoms with van der Waals surface area (Å²) in [7, 11) is -3.63. The first kappa shape index (κ1) is 12.6. The lowest BCUT2D eigenvalue weighted by Gasteiger charge is -2.17. The first-order valence-electron chi connectivity index (χ1n) is 5.20. The van der Waals surface area contributed by atoms with Crippen molar-refractivity contribution in [3.8, 4) is 0 Å². The molecule has 1 aliphatic heterocycles. The molecule has 17 heavy (non-hydrogen) atoms. The number of Topliss-reactive ketones (excluding diaryl/α,β-unsaturated/α-hetero) is 1. The average molecular weight is 275 g/mol. The minimum Gasteiger partial charge on any atom is -0.321 e. The third-order valence-electron chi connectivity index (χ3n) is 2.64. The lowest BCUT2D eigenvalue weighted by Crippen LogP contribution is -2.39. The van der Waals surface area contributed by atoms with Crippen LogP contribution < -0.4 is 5.73 Å². The Hall–Kier alpha value is -0.830. The van der Waals surface area contributed by atoms with E-state index in [1.54, 1.807) is 5.38 Å². The van der Waals surface area contributed by atoms with Gasteiger partial charge in [-0.2, -0.15) is 4.31 Å². The third kappa shape index (κ3) is 2.54. The normalized spacial score (nSPS) is 23.6. The zero-order valence-electron chi connectivity index (χ0n) is 9.07. The first-order chi connectivity index (χ1) is 8.01. The number of hydrogen-bond acceptors (Lipinski definition) is 6. The van der Waals surface area contributed by atoms with Crippen LogP contribution in [0.3, 0.4) is 0 Å². The quantitative estimate of drug-likeness (QED) is 0.808. The van der Waals surface area contributed by atoms with Crippen LogP contribution in [0, 0.1) is 0 Å². The fourth-order valence-electron chi connectivity index (χ4n) is 1.67. The summed E-state index contributed by atoms with van der Waals surface area (Å²) in [4.78, 5) is 15.4. The molecule has 1 atom stereocenters. The highest BCUT2D eigenvalue weighted by Gasteiger charge is 2.32. The average Bonchev–Trinajstić information content (AvgIpc) is 2.75. The van der Waals surface area contributed by atoms with Gasteiger partial charge in [-0.1, -0.05) is 0 Å². The van der Waals surface area contributed by atoms with Crippen molar-refractivity contribution >= 4 is 27.1 Å². The number of nitrogens with two attached hydrogens (primary N) is 1. The van der Waals surface area contributed by atoms with E-state index >= 15 is 0 Å². The van der Waals surface area contributed by atoms with Gasteiger partial charge >= 0.3 is 0 Å². The van der Waals surface area contributed by atoms with Crippen molar-refractivity contribution in [3.05, 3.63) is 11.6 Å². The van der Waals surface area contributed by atoms with Gasteiger partial charge in [-0.15, -0.1) is 11.3 Å². The van der Waals surface area contributed by atoms with Gasteiger partial charge in [0.05, 0.1) is 12.6 Å². The molecule has 0 amide bonds. The molecule has 1 saturated heterocycles. The summed E-state index contributed by atoms with van der Waals surface area (Å²) >= 11 is 1.05. The van der Waals surface area contributed by atoms with E-state index in [0.29, 0.717) is 19.4 Å². The number of carbonyl (C=O) groups is 1. The summed E-state index contributed by atoms with van der Waals surface area (Å²) in [6, 6.07) is -0.550. The van der Waals surface area contributed by atoms with E-state index in [2.05, 4.69) is 4.98 Å². The van der Waals surface area contributed by atoms with Crippen molar-refractivity contribution in [1.29, 1.82) is 0 Å². The Morgan fingerprint density at radius 3 is 2.94 bits per heavy atom. The molecule has 0 radical (unpaired) electrons. The predicted molar refractivity (Wildman–Crippen MR) is 63.1 cm³/mol. The number of hydrogen-bond donors (Lipinski definition) is 1. The number of nitrogens with zero attached hydrogens (tertiary/aromatic N) is 2. The third-order valence-corrected chi connectivity index (χ3v) is 5.66. The zero-order chi connectivity index (χ0) is 12.5. The second kappa shape index (κ2) is 4.81. The predicted octanol–water partition coefficient (Wildman–Crippen LogP) is -0.176. The molecule has 0 aliphatic carbocycles. The summed E-state index contributed by atoms with van der Waals surface area (Å²) in [5.74, 6) is -0.234. The van der Waals surface area contributed by atoms with Crippen molar-refractivity contribution < 1.29 is 13.2 Å². The van der Waals surface area contributed by atoms with Crippen LogP contribution in [0.15, 0.2) is 15.9 Å². The second-order valence-corrected chi connectivity index (χ2v) is 6.86. The van der Waals surface area contributed by atoms with Crippen LogP contribution in [-0.4, -0.2) is 42.6 Å². The van der Waals surface area contributed by atoms with E-state index in [-0.39, 0.29) is 16.7 Å². The molecule has 1 aliphatic rings. The largest absolute Gasteiger partial charge is 0.321 e. The highest BCUT2D eigenvalue weighted by atomic mass is 32.2. The molecule has 0 saturated carbocycles. The Morgan fingerprint density at radius 2 is 2.29 bits per heavy atom. The second-order valence-electron chi connectivity index (χ2n) is 3.85. The molecule has 94 valence electrons. The molecule has 6 nitrogen and oxygen atoms in total. The van der Waals surface area contributed by atoms with Crippen molar-refractivity contribution in [3.63, 3.8) is 0 Å². The fourth-order valence-corrected chi connectivity index (χ4v) is 4.08. The molecule has 1 aromatic heterocycles.